The van der Waals surface area contributed by atoms with Crippen molar-refractivity contribution >= 4 is 17.7 Å². The Balaban J connectivity index is 1.65. The van der Waals surface area contributed by atoms with Crippen LogP contribution >= 0.6 is 11.8 Å². The topological polar surface area (TPSA) is 51.0 Å². The Kier molecular flexibility index (Phi) is 6.52. The molecule has 0 aliphatic carbocycles. The lowest BCUT2D eigenvalue weighted by atomic mass is 10.1. The SMILES string of the molecule is CCn1c(SCC(=O)N(C)Cc2ccc(C)cc2)nnc1-c1cccc(C)c1. The number of aryl methyl sites for hydroxylation is 2. The van der Waals surface area contributed by atoms with Gasteiger partial charge in [-0.3, -0.25) is 4.79 Å². The molecular weight excluding hydrogens is 368 g/mol. The minimum absolute atomic E-state index is 0.0772. The third-order valence-electron chi connectivity index (χ3n) is 4.60. The molecule has 0 saturated heterocycles. The van der Waals surface area contributed by atoms with E-state index in [2.05, 4.69) is 71.9 Å². The van der Waals surface area contributed by atoms with Gasteiger partial charge in [0.25, 0.3) is 0 Å². The fourth-order valence-corrected chi connectivity index (χ4v) is 3.91. The minimum Gasteiger partial charge on any atom is -0.341 e. The molecule has 0 aliphatic rings. The van der Waals surface area contributed by atoms with Crippen LogP contribution in [0.1, 0.15) is 23.6 Å². The van der Waals surface area contributed by atoms with Crippen molar-refractivity contribution in [1.82, 2.24) is 19.7 Å². The van der Waals surface area contributed by atoms with Gasteiger partial charge in [-0.15, -0.1) is 10.2 Å². The van der Waals surface area contributed by atoms with Crippen molar-refractivity contribution in [3.05, 3.63) is 65.2 Å². The summed E-state index contributed by atoms with van der Waals surface area (Å²) in [6, 6.07) is 16.5. The van der Waals surface area contributed by atoms with E-state index in [-0.39, 0.29) is 5.91 Å². The molecule has 1 heterocycles. The van der Waals surface area contributed by atoms with E-state index >= 15 is 0 Å². The molecule has 1 amide bonds. The molecule has 0 saturated carbocycles. The summed E-state index contributed by atoms with van der Waals surface area (Å²) in [5, 5.41) is 9.46. The van der Waals surface area contributed by atoms with Crippen LogP contribution in [0, 0.1) is 13.8 Å². The van der Waals surface area contributed by atoms with E-state index in [1.54, 1.807) is 4.90 Å². The summed E-state index contributed by atoms with van der Waals surface area (Å²) < 4.78 is 2.06. The summed E-state index contributed by atoms with van der Waals surface area (Å²) in [5.41, 5.74) is 4.58. The maximum atomic E-state index is 12.6. The predicted molar refractivity (Wildman–Crippen MR) is 114 cm³/mol. The van der Waals surface area contributed by atoms with E-state index in [0.29, 0.717) is 12.3 Å². The van der Waals surface area contributed by atoms with Crippen molar-refractivity contribution in [3.63, 3.8) is 0 Å². The van der Waals surface area contributed by atoms with Gasteiger partial charge in [-0.25, -0.2) is 0 Å². The number of nitrogens with zero attached hydrogens (tertiary/aromatic N) is 4. The van der Waals surface area contributed by atoms with Gasteiger partial charge >= 0.3 is 0 Å². The van der Waals surface area contributed by atoms with Crippen molar-refractivity contribution in [2.75, 3.05) is 12.8 Å². The van der Waals surface area contributed by atoms with Crippen molar-refractivity contribution in [2.45, 2.75) is 39.0 Å². The Morgan fingerprint density at radius 2 is 1.82 bits per heavy atom. The standard InChI is InChI=1S/C22H26N4OS/c1-5-26-21(19-8-6-7-17(3)13-19)23-24-22(26)28-15-20(27)25(4)14-18-11-9-16(2)10-12-18/h6-13H,5,14-15H2,1-4H3. The molecule has 28 heavy (non-hydrogen) atoms. The smallest absolute Gasteiger partial charge is 0.233 e. The number of thioether (sulfide) groups is 1. The molecule has 3 rings (SSSR count). The zero-order valence-corrected chi connectivity index (χ0v) is 17.7. The summed E-state index contributed by atoms with van der Waals surface area (Å²) >= 11 is 1.44. The predicted octanol–water partition coefficient (Wildman–Crippen LogP) is 4.33. The third-order valence-corrected chi connectivity index (χ3v) is 5.55. The minimum atomic E-state index is 0.0772. The molecule has 3 aromatic rings. The van der Waals surface area contributed by atoms with E-state index in [9.17, 15) is 4.79 Å². The van der Waals surface area contributed by atoms with Crippen LogP contribution < -0.4 is 0 Å². The Labute approximate surface area is 170 Å². The molecule has 0 atom stereocenters. The number of aromatic nitrogens is 3. The monoisotopic (exact) mass is 394 g/mol. The molecule has 0 radical (unpaired) electrons. The van der Waals surface area contributed by atoms with Gasteiger partial charge in [0.15, 0.2) is 11.0 Å². The molecular formula is C22H26N4OS. The van der Waals surface area contributed by atoms with E-state index in [4.69, 9.17) is 0 Å². The summed E-state index contributed by atoms with van der Waals surface area (Å²) in [6.07, 6.45) is 0. The van der Waals surface area contributed by atoms with Crippen LogP contribution in [-0.2, 0) is 17.9 Å². The van der Waals surface area contributed by atoms with Crippen LogP contribution in [0.15, 0.2) is 53.7 Å². The molecule has 1 aromatic heterocycles. The Morgan fingerprint density at radius 3 is 2.50 bits per heavy atom. The Morgan fingerprint density at radius 1 is 1.07 bits per heavy atom. The summed E-state index contributed by atoms with van der Waals surface area (Å²) in [4.78, 5) is 14.3. The molecule has 0 aliphatic heterocycles. The lowest BCUT2D eigenvalue weighted by molar-refractivity contribution is -0.127. The Hall–Kier alpha value is -2.60. The zero-order chi connectivity index (χ0) is 20.1. The molecule has 146 valence electrons. The van der Waals surface area contributed by atoms with E-state index < -0.39 is 0 Å². The van der Waals surface area contributed by atoms with Gasteiger partial charge in [0.2, 0.25) is 5.91 Å². The number of benzene rings is 2. The highest BCUT2D eigenvalue weighted by Crippen LogP contribution is 2.24. The number of rotatable bonds is 7. The van der Waals surface area contributed by atoms with Gasteiger partial charge in [0.05, 0.1) is 5.75 Å². The molecule has 0 bridgehead atoms. The number of hydrogen-bond acceptors (Lipinski definition) is 4. The quantitative estimate of drug-likeness (QED) is 0.560. The second kappa shape index (κ2) is 9.06. The maximum absolute atomic E-state index is 12.6. The first-order valence-electron chi connectivity index (χ1n) is 9.40. The fourth-order valence-electron chi connectivity index (χ4n) is 2.97. The van der Waals surface area contributed by atoms with Crippen LogP contribution in [0.25, 0.3) is 11.4 Å². The first-order valence-corrected chi connectivity index (χ1v) is 10.4. The first-order chi connectivity index (χ1) is 13.5. The van der Waals surface area contributed by atoms with Gasteiger partial charge in [0, 0.05) is 25.7 Å². The highest BCUT2D eigenvalue weighted by molar-refractivity contribution is 7.99. The van der Waals surface area contributed by atoms with Crippen LogP contribution in [0.4, 0.5) is 0 Å². The normalized spacial score (nSPS) is 10.9. The third kappa shape index (κ3) is 4.81. The molecule has 0 unspecified atom stereocenters. The molecule has 0 spiro atoms. The van der Waals surface area contributed by atoms with Crippen LogP contribution in [0.3, 0.4) is 0 Å². The van der Waals surface area contributed by atoms with Crippen LogP contribution in [0.2, 0.25) is 0 Å². The number of hydrogen-bond donors (Lipinski definition) is 0. The first kappa shape index (κ1) is 20.1. The van der Waals surface area contributed by atoms with Gasteiger partial charge in [0.1, 0.15) is 0 Å². The average molecular weight is 395 g/mol. The second-order valence-corrected chi connectivity index (χ2v) is 7.89. The largest absolute Gasteiger partial charge is 0.341 e. The molecule has 2 aromatic carbocycles. The average Bonchev–Trinajstić information content (AvgIpc) is 3.10. The van der Waals surface area contributed by atoms with Gasteiger partial charge in [-0.2, -0.15) is 0 Å². The van der Waals surface area contributed by atoms with E-state index in [0.717, 1.165) is 28.7 Å². The summed E-state index contributed by atoms with van der Waals surface area (Å²) in [6.45, 7) is 7.55. The van der Waals surface area contributed by atoms with Crippen molar-refractivity contribution in [2.24, 2.45) is 0 Å². The second-order valence-electron chi connectivity index (χ2n) is 6.94. The van der Waals surface area contributed by atoms with E-state index in [1.165, 1.54) is 22.9 Å². The fraction of sp³-hybridized carbons (Fsp3) is 0.318. The Bertz CT molecular complexity index is 949. The number of carbonyl (C=O) groups excluding carboxylic acids is 1. The number of amides is 1. The van der Waals surface area contributed by atoms with Gasteiger partial charge in [-0.05, 0) is 32.4 Å². The van der Waals surface area contributed by atoms with Crippen molar-refractivity contribution in [3.8, 4) is 11.4 Å². The number of carbonyl (C=O) groups is 1. The maximum Gasteiger partial charge on any atom is 0.233 e. The van der Waals surface area contributed by atoms with Crippen molar-refractivity contribution in [1.29, 1.82) is 0 Å². The van der Waals surface area contributed by atoms with Gasteiger partial charge < -0.3 is 9.47 Å². The summed E-state index contributed by atoms with van der Waals surface area (Å²) in [7, 11) is 1.84. The van der Waals surface area contributed by atoms with Gasteiger partial charge in [-0.1, -0.05) is 65.4 Å². The summed E-state index contributed by atoms with van der Waals surface area (Å²) in [5.74, 6) is 1.26. The molecule has 5 nitrogen and oxygen atoms in total. The molecule has 0 N–H and O–H groups in total. The van der Waals surface area contributed by atoms with Crippen molar-refractivity contribution < 1.29 is 4.79 Å². The van der Waals surface area contributed by atoms with Crippen LogP contribution in [0.5, 0.6) is 0 Å². The lowest BCUT2D eigenvalue weighted by Crippen LogP contribution is -2.27. The van der Waals surface area contributed by atoms with E-state index in [1.807, 2.05) is 19.2 Å². The lowest BCUT2D eigenvalue weighted by Gasteiger charge is -2.17. The highest BCUT2D eigenvalue weighted by atomic mass is 32.2. The highest BCUT2D eigenvalue weighted by Gasteiger charge is 2.16. The van der Waals surface area contributed by atoms with Crippen LogP contribution in [-0.4, -0.2) is 38.4 Å². The molecule has 0 fully saturated rings. The zero-order valence-electron chi connectivity index (χ0n) is 16.8. The molecule has 6 heteroatoms.